The third-order valence-corrected chi connectivity index (χ3v) is 6.03. The maximum Gasteiger partial charge on any atom is 0.258 e. The van der Waals surface area contributed by atoms with Gasteiger partial charge in [0.25, 0.3) is 5.89 Å². The Bertz CT molecular complexity index is 1220. The molecule has 1 atom stereocenters. The predicted octanol–water partition coefficient (Wildman–Crippen LogP) is 4.45. The van der Waals surface area contributed by atoms with Crippen LogP contribution in [-0.4, -0.2) is 38.9 Å². The molecule has 1 amide bonds. The standard InChI is InChI=1S/C24H24IN5O3/c1-14(2)32-21-10-7-15(11-16(21)12-26)24-28-23(29-33-24)19-6-4-5-18-17(19)8-9-20(18)27-13-22(31)30(3)25/h4-7,10-11,14,20,27H,8-9,13H2,1-3H3/t20-/m0/s1. The van der Waals surface area contributed by atoms with E-state index in [0.29, 0.717) is 28.6 Å². The molecule has 0 saturated heterocycles. The lowest BCUT2D eigenvalue weighted by Crippen LogP contribution is -2.31. The van der Waals surface area contributed by atoms with Crippen molar-refractivity contribution in [1.82, 2.24) is 18.6 Å². The van der Waals surface area contributed by atoms with E-state index in [2.05, 4.69) is 27.6 Å². The Kier molecular flexibility index (Phi) is 6.95. The highest BCUT2D eigenvalue weighted by Gasteiger charge is 2.27. The molecular formula is C24H24IN5O3. The number of likely N-dealkylation sites (N-methyl/N-ethyl adjacent to an activating group) is 1. The first-order valence-corrected chi connectivity index (χ1v) is 11.7. The van der Waals surface area contributed by atoms with Gasteiger partial charge in [-0.3, -0.25) is 7.91 Å². The summed E-state index contributed by atoms with van der Waals surface area (Å²) < 4.78 is 12.8. The number of hydrogen-bond acceptors (Lipinski definition) is 7. The molecule has 0 aliphatic heterocycles. The van der Waals surface area contributed by atoms with Crippen LogP contribution in [0, 0.1) is 11.3 Å². The van der Waals surface area contributed by atoms with Gasteiger partial charge in [-0.05, 0) is 56.0 Å². The lowest BCUT2D eigenvalue weighted by atomic mass is 10.0. The number of carbonyl (C=O) groups is 1. The molecule has 2 aromatic carbocycles. The van der Waals surface area contributed by atoms with Crippen LogP contribution in [0.4, 0.5) is 0 Å². The van der Waals surface area contributed by atoms with E-state index in [0.717, 1.165) is 29.5 Å². The summed E-state index contributed by atoms with van der Waals surface area (Å²) in [5.74, 6) is 1.41. The molecule has 1 N–H and O–H groups in total. The van der Waals surface area contributed by atoms with Crippen molar-refractivity contribution in [1.29, 1.82) is 5.26 Å². The summed E-state index contributed by atoms with van der Waals surface area (Å²) in [6, 6.07) is 13.6. The summed E-state index contributed by atoms with van der Waals surface area (Å²) in [5.41, 5.74) is 4.32. The van der Waals surface area contributed by atoms with Crippen molar-refractivity contribution in [2.24, 2.45) is 0 Å². The second-order valence-electron chi connectivity index (χ2n) is 8.13. The maximum atomic E-state index is 12.0. The van der Waals surface area contributed by atoms with Gasteiger partial charge < -0.3 is 14.6 Å². The Morgan fingerprint density at radius 2 is 2.21 bits per heavy atom. The van der Waals surface area contributed by atoms with Crippen molar-refractivity contribution in [2.75, 3.05) is 13.6 Å². The molecule has 1 aliphatic rings. The van der Waals surface area contributed by atoms with E-state index in [4.69, 9.17) is 9.26 Å². The van der Waals surface area contributed by atoms with E-state index >= 15 is 0 Å². The number of nitrogens with zero attached hydrogens (tertiary/aromatic N) is 4. The minimum Gasteiger partial charge on any atom is -0.490 e. The van der Waals surface area contributed by atoms with Crippen molar-refractivity contribution < 1.29 is 14.1 Å². The molecular weight excluding hydrogens is 533 g/mol. The smallest absolute Gasteiger partial charge is 0.258 e. The second kappa shape index (κ2) is 9.89. The Balaban J connectivity index is 1.58. The molecule has 0 saturated carbocycles. The SMILES string of the molecule is CC(C)Oc1ccc(-c2nc(-c3cccc4c3CC[C@@H]4NCC(=O)N(C)I)no2)cc1C#N. The minimum absolute atomic E-state index is 0.0305. The van der Waals surface area contributed by atoms with Crippen LogP contribution in [0.1, 0.15) is 43.0 Å². The van der Waals surface area contributed by atoms with Crippen molar-refractivity contribution in [3.8, 4) is 34.7 Å². The van der Waals surface area contributed by atoms with E-state index in [1.54, 1.807) is 22.3 Å². The zero-order valence-electron chi connectivity index (χ0n) is 18.6. The van der Waals surface area contributed by atoms with Gasteiger partial charge in [0.05, 0.1) is 41.1 Å². The molecule has 1 aromatic heterocycles. The summed E-state index contributed by atoms with van der Waals surface area (Å²) in [4.78, 5) is 16.6. The van der Waals surface area contributed by atoms with Crippen molar-refractivity contribution in [3.63, 3.8) is 0 Å². The number of hydrogen-bond donors (Lipinski definition) is 1. The maximum absolute atomic E-state index is 12.0. The van der Waals surface area contributed by atoms with Crippen LogP contribution in [-0.2, 0) is 11.2 Å². The van der Waals surface area contributed by atoms with Gasteiger partial charge in [0, 0.05) is 24.2 Å². The average molecular weight is 557 g/mol. The zero-order valence-corrected chi connectivity index (χ0v) is 20.8. The fourth-order valence-corrected chi connectivity index (χ4v) is 4.12. The molecule has 8 nitrogen and oxygen atoms in total. The number of fused-ring (bicyclic) bond motifs is 1. The third-order valence-electron chi connectivity index (χ3n) is 5.49. The van der Waals surface area contributed by atoms with E-state index in [1.807, 2.05) is 54.9 Å². The van der Waals surface area contributed by atoms with Crippen molar-refractivity contribution >= 4 is 28.8 Å². The highest BCUT2D eigenvalue weighted by Crippen LogP contribution is 2.37. The number of amides is 1. The molecule has 4 rings (SSSR count). The van der Waals surface area contributed by atoms with Crippen molar-refractivity contribution in [3.05, 3.63) is 53.1 Å². The van der Waals surface area contributed by atoms with Gasteiger partial charge in [-0.15, -0.1) is 0 Å². The Labute approximate surface area is 206 Å². The number of carbonyl (C=O) groups excluding carboxylic acids is 1. The number of rotatable bonds is 7. The second-order valence-corrected chi connectivity index (χ2v) is 9.58. The number of nitriles is 1. The van der Waals surface area contributed by atoms with E-state index < -0.39 is 0 Å². The number of halogens is 1. The highest BCUT2D eigenvalue weighted by atomic mass is 127. The first-order chi connectivity index (χ1) is 15.9. The van der Waals surface area contributed by atoms with Gasteiger partial charge >= 0.3 is 0 Å². The topological polar surface area (TPSA) is 104 Å². The number of nitrogens with one attached hydrogen (secondary N) is 1. The van der Waals surface area contributed by atoms with Gasteiger partial charge in [0.2, 0.25) is 11.7 Å². The van der Waals surface area contributed by atoms with Gasteiger partial charge in [0.1, 0.15) is 11.8 Å². The van der Waals surface area contributed by atoms with E-state index in [-0.39, 0.29) is 24.6 Å². The van der Waals surface area contributed by atoms with E-state index in [9.17, 15) is 10.1 Å². The molecule has 1 aliphatic carbocycles. The quantitative estimate of drug-likeness (QED) is 0.338. The first kappa shape index (κ1) is 23.2. The summed E-state index contributed by atoms with van der Waals surface area (Å²) in [5, 5.41) is 17.1. The van der Waals surface area contributed by atoms with E-state index in [1.165, 1.54) is 0 Å². The van der Waals surface area contributed by atoms with Gasteiger partial charge in [0.15, 0.2) is 0 Å². The third kappa shape index (κ3) is 5.02. The Morgan fingerprint density at radius 3 is 2.94 bits per heavy atom. The lowest BCUT2D eigenvalue weighted by molar-refractivity contribution is -0.123. The lowest BCUT2D eigenvalue weighted by Gasteiger charge is -2.15. The molecule has 33 heavy (non-hydrogen) atoms. The average Bonchev–Trinajstić information content (AvgIpc) is 3.44. The Morgan fingerprint density at radius 1 is 1.39 bits per heavy atom. The molecule has 9 heteroatoms. The normalized spacial score (nSPS) is 14.7. The first-order valence-electron chi connectivity index (χ1n) is 10.7. The number of ether oxygens (including phenoxy) is 1. The fraction of sp³-hybridized carbons (Fsp3) is 0.333. The van der Waals surface area contributed by atoms with Gasteiger partial charge in [-0.25, -0.2) is 0 Å². The van der Waals surface area contributed by atoms with Crippen LogP contribution in [0.3, 0.4) is 0 Å². The van der Waals surface area contributed by atoms with Crippen LogP contribution in [0.5, 0.6) is 5.75 Å². The van der Waals surface area contributed by atoms with Crippen LogP contribution < -0.4 is 10.1 Å². The largest absolute Gasteiger partial charge is 0.490 e. The number of aromatic nitrogens is 2. The molecule has 0 spiro atoms. The number of benzene rings is 2. The molecule has 0 fully saturated rings. The molecule has 0 radical (unpaired) electrons. The zero-order chi connectivity index (χ0) is 23.5. The van der Waals surface area contributed by atoms with Crippen LogP contribution >= 0.6 is 22.9 Å². The molecule has 0 bridgehead atoms. The molecule has 170 valence electrons. The molecule has 3 aromatic rings. The summed E-state index contributed by atoms with van der Waals surface area (Å²) >= 11 is 1.98. The predicted molar refractivity (Wildman–Crippen MR) is 132 cm³/mol. The van der Waals surface area contributed by atoms with Crippen LogP contribution in [0.25, 0.3) is 22.8 Å². The highest BCUT2D eigenvalue weighted by molar-refractivity contribution is 14.1. The monoisotopic (exact) mass is 557 g/mol. The molecule has 0 unspecified atom stereocenters. The van der Waals surface area contributed by atoms with Crippen LogP contribution in [0.15, 0.2) is 40.9 Å². The van der Waals surface area contributed by atoms with Gasteiger partial charge in [-0.1, -0.05) is 23.4 Å². The fourth-order valence-electron chi connectivity index (χ4n) is 3.95. The minimum atomic E-state index is -0.0305. The van der Waals surface area contributed by atoms with Crippen molar-refractivity contribution in [2.45, 2.75) is 38.8 Å². The molecule has 1 heterocycles. The summed E-state index contributed by atoms with van der Waals surface area (Å²) in [6.45, 7) is 4.12. The summed E-state index contributed by atoms with van der Waals surface area (Å²) in [6.07, 6.45) is 1.73. The Hall–Kier alpha value is -2.97. The summed E-state index contributed by atoms with van der Waals surface area (Å²) in [7, 11) is 1.74. The van der Waals surface area contributed by atoms with Crippen LogP contribution in [0.2, 0.25) is 0 Å². The van der Waals surface area contributed by atoms with Gasteiger partial charge in [-0.2, -0.15) is 10.2 Å².